The number of hydrazine groups is 1. The molecule has 0 unspecified atom stereocenters. The molecule has 0 saturated heterocycles. The summed E-state index contributed by atoms with van der Waals surface area (Å²) < 4.78 is 8.21. The van der Waals surface area contributed by atoms with Crippen LogP contribution in [0.5, 0.6) is 5.75 Å². The average molecular weight is 483 g/mol. The van der Waals surface area contributed by atoms with E-state index in [1.165, 1.54) is 5.01 Å². The molecule has 8 nitrogen and oxygen atoms in total. The van der Waals surface area contributed by atoms with Crippen molar-refractivity contribution in [2.45, 2.75) is 19.8 Å². The molecule has 0 bridgehead atoms. The first-order chi connectivity index (χ1) is 16.3. The van der Waals surface area contributed by atoms with Gasteiger partial charge in [0.25, 0.3) is 5.91 Å². The van der Waals surface area contributed by atoms with Gasteiger partial charge in [0, 0.05) is 72.4 Å². The lowest BCUT2D eigenvalue weighted by atomic mass is 10.0. The first-order valence-electron chi connectivity index (χ1n) is 10.9. The highest BCUT2D eigenvalue weighted by molar-refractivity contribution is 6.30. The molecule has 3 rings (SSSR count). The van der Waals surface area contributed by atoms with Crippen LogP contribution in [-0.4, -0.2) is 47.5 Å². The molecule has 0 aliphatic carbocycles. The number of halogens is 1. The molecule has 5 N–H and O–H groups in total. The van der Waals surface area contributed by atoms with Crippen LogP contribution in [0.4, 0.5) is 0 Å². The van der Waals surface area contributed by atoms with Crippen LogP contribution in [0.2, 0.25) is 5.02 Å². The normalized spacial score (nSPS) is 11.8. The van der Waals surface area contributed by atoms with Gasteiger partial charge in [-0.2, -0.15) is 0 Å². The second-order valence-corrected chi connectivity index (χ2v) is 8.34. The second kappa shape index (κ2) is 11.2. The zero-order chi connectivity index (χ0) is 24.8. The summed E-state index contributed by atoms with van der Waals surface area (Å²) in [4.78, 5) is 16.6. The fraction of sp³-hybridized carbons (Fsp3) is 0.280. The molecule has 2 heterocycles. The van der Waals surface area contributed by atoms with Crippen molar-refractivity contribution in [3.8, 4) is 16.9 Å². The van der Waals surface area contributed by atoms with E-state index in [9.17, 15) is 4.79 Å². The van der Waals surface area contributed by atoms with Crippen molar-refractivity contribution in [2.24, 2.45) is 11.6 Å². The molecule has 2 aromatic heterocycles. The molecule has 0 radical (unpaired) electrons. The molecule has 0 aliphatic rings. The molecule has 0 fully saturated rings. The number of likely N-dealkylation sites (N-methyl/N-ethyl adjacent to an activating group) is 1. The van der Waals surface area contributed by atoms with E-state index in [1.807, 2.05) is 48.0 Å². The minimum Gasteiger partial charge on any atom is -0.493 e. The summed E-state index contributed by atoms with van der Waals surface area (Å²) in [6, 6.07) is 9.50. The molecular formula is C25H31ClN6O2. The predicted molar refractivity (Wildman–Crippen MR) is 136 cm³/mol. The van der Waals surface area contributed by atoms with Gasteiger partial charge in [-0.25, -0.2) is 10.8 Å². The van der Waals surface area contributed by atoms with Gasteiger partial charge in [0.05, 0.1) is 6.61 Å². The molecule has 1 aromatic carbocycles. The van der Waals surface area contributed by atoms with Gasteiger partial charge >= 0.3 is 0 Å². The van der Waals surface area contributed by atoms with Crippen molar-refractivity contribution in [2.75, 3.05) is 27.2 Å². The molecule has 0 aliphatic heterocycles. The zero-order valence-electron chi connectivity index (χ0n) is 19.8. The van der Waals surface area contributed by atoms with E-state index in [0.29, 0.717) is 35.9 Å². The van der Waals surface area contributed by atoms with Crippen LogP contribution in [-0.2, 0) is 11.2 Å². The minimum atomic E-state index is -0.262. The Kier molecular flexibility index (Phi) is 8.33. The number of benzene rings is 1. The highest BCUT2D eigenvalue weighted by atomic mass is 35.5. The van der Waals surface area contributed by atoms with Crippen molar-refractivity contribution in [3.63, 3.8) is 0 Å². The summed E-state index contributed by atoms with van der Waals surface area (Å²) in [5, 5.41) is 4.64. The van der Waals surface area contributed by atoms with Crippen LogP contribution < -0.4 is 21.6 Å². The van der Waals surface area contributed by atoms with Crippen molar-refractivity contribution < 1.29 is 9.53 Å². The smallest absolute Gasteiger partial charge is 0.250 e. The average Bonchev–Trinajstić information content (AvgIpc) is 3.22. The first kappa shape index (κ1) is 25.3. The summed E-state index contributed by atoms with van der Waals surface area (Å²) in [6.07, 6.45) is 5.03. The lowest BCUT2D eigenvalue weighted by molar-refractivity contribution is -0.116. The number of carbonyl (C=O) groups is 1. The largest absolute Gasteiger partial charge is 0.493 e. The summed E-state index contributed by atoms with van der Waals surface area (Å²) >= 11 is 6.28. The number of allylic oxidation sites excluding steroid dienone is 1. The number of amides is 1. The van der Waals surface area contributed by atoms with E-state index >= 15 is 0 Å². The number of aromatic nitrogens is 2. The van der Waals surface area contributed by atoms with E-state index in [0.717, 1.165) is 40.2 Å². The Labute approximate surface area is 204 Å². The SMILES string of the molecule is C=C(C(=O)NC)/C(CCOc1cc(Cl)ccc1-c1ccc2ncc(CCN)n2c1)=C(/C)N(C)N. The van der Waals surface area contributed by atoms with Crippen LogP contribution in [0.15, 0.2) is 66.1 Å². The third-order valence-electron chi connectivity index (χ3n) is 5.68. The summed E-state index contributed by atoms with van der Waals surface area (Å²) in [6.45, 7) is 6.62. The molecule has 0 saturated carbocycles. The number of carbonyl (C=O) groups excluding carboxylic acids is 1. The maximum Gasteiger partial charge on any atom is 0.250 e. The Hall–Kier alpha value is -3.33. The first-order valence-corrected chi connectivity index (χ1v) is 11.3. The van der Waals surface area contributed by atoms with E-state index in [2.05, 4.69) is 16.9 Å². The molecule has 1 amide bonds. The number of pyridine rings is 1. The molecule has 0 spiro atoms. The van der Waals surface area contributed by atoms with E-state index < -0.39 is 0 Å². The molecule has 180 valence electrons. The highest BCUT2D eigenvalue weighted by Gasteiger charge is 2.16. The van der Waals surface area contributed by atoms with E-state index in [-0.39, 0.29) is 5.91 Å². The van der Waals surface area contributed by atoms with E-state index in [4.69, 9.17) is 27.9 Å². The fourth-order valence-corrected chi connectivity index (χ4v) is 3.85. The molecule has 0 atom stereocenters. The van der Waals surface area contributed by atoms with Gasteiger partial charge in [-0.15, -0.1) is 0 Å². The number of hydrogen-bond donors (Lipinski definition) is 3. The molecule has 3 aromatic rings. The lowest BCUT2D eigenvalue weighted by Crippen LogP contribution is -2.28. The lowest BCUT2D eigenvalue weighted by Gasteiger charge is -2.20. The number of rotatable bonds is 10. The standard InChI is InChI=1S/C25H31ClN6O2/c1-16(25(33)29-3)21(17(2)31(4)28)10-12-34-23-13-19(26)6-7-22(23)18-5-8-24-30-14-20(9-11-27)32(24)15-18/h5-8,13-15H,1,9-12,27-28H2,2-4H3,(H,29,33)/b21-17-. The van der Waals surface area contributed by atoms with Crippen molar-refractivity contribution in [1.29, 1.82) is 0 Å². The second-order valence-electron chi connectivity index (χ2n) is 7.91. The Morgan fingerprint density at radius 3 is 2.76 bits per heavy atom. The predicted octanol–water partition coefficient (Wildman–Crippen LogP) is 3.31. The number of ether oxygens (including phenoxy) is 1. The van der Waals surface area contributed by atoms with Gasteiger partial charge in [0.15, 0.2) is 0 Å². The van der Waals surface area contributed by atoms with Crippen LogP contribution in [0.3, 0.4) is 0 Å². The summed E-state index contributed by atoms with van der Waals surface area (Å²) in [5.41, 5.74) is 11.3. The molecular weight excluding hydrogens is 452 g/mol. The highest BCUT2D eigenvalue weighted by Crippen LogP contribution is 2.33. The summed E-state index contributed by atoms with van der Waals surface area (Å²) in [7, 11) is 3.28. The topological polar surface area (TPSA) is 111 Å². The Balaban J connectivity index is 1.89. The monoisotopic (exact) mass is 482 g/mol. The van der Waals surface area contributed by atoms with E-state index in [1.54, 1.807) is 20.2 Å². The van der Waals surface area contributed by atoms with Crippen LogP contribution >= 0.6 is 11.6 Å². The van der Waals surface area contributed by atoms with Gasteiger partial charge in [-0.05, 0) is 49.4 Å². The van der Waals surface area contributed by atoms with Crippen LogP contribution in [0.25, 0.3) is 16.8 Å². The maximum atomic E-state index is 12.2. The Morgan fingerprint density at radius 1 is 1.32 bits per heavy atom. The third-order valence-corrected chi connectivity index (χ3v) is 5.91. The van der Waals surface area contributed by atoms with Crippen LogP contribution in [0.1, 0.15) is 19.0 Å². The molecule has 9 heteroatoms. The van der Waals surface area contributed by atoms with Gasteiger partial charge in [0.1, 0.15) is 11.4 Å². The molecule has 34 heavy (non-hydrogen) atoms. The number of nitrogens with one attached hydrogen (secondary N) is 1. The number of nitrogens with zero attached hydrogens (tertiary/aromatic N) is 3. The Morgan fingerprint density at radius 2 is 2.09 bits per heavy atom. The van der Waals surface area contributed by atoms with Gasteiger partial charge in [0.2, 0.25) is 0 Å². The fourth-order valence-electron chi connectivity index (χ4n) is 3.69. The summed E-state index contributed by atoms with van der Waals surface area (Å²) in [5.74, 6) is 6.29. The maximum absolute atomic E-state index is 12.2. The van der Waals surface area contributed by atoms with Gasteiger partial charge in [-0.1, -0.05) is 18.2 Å². The van der Waals surface area contributed by atoms with Gasteiger partial charge < -0.3 is 25.2 Å². The number of imidazole rings is 1. The Bertz CT molecular complexity index is 1230. The third kappa shape index (κ3) is 5.59. The number of hydrogen-bond acceptors (Lipinski definition) is 6. The van der Waals surface area contributed by atoms with Crippen molar-refractivity contribution >= 4 is 23.2 Å². The van der Waals surface area contributed by atoms with Gasteiger partial charge in [-0.3, -0.25) is 4.79 Å². The quantitative estimate of drug-likeness (QED) is 0.177. The zero-order valence-corrected chi connectivity index (χ0v) is 20.5. The number of fused-ring (bicyclic) bond motifs is 1. The van der Waals surface area contributed by atoms with Crippen molar-refractivity contribution in [1.82, 2.24) is 19.7 Å². The van der Waals surface area contributed by atoms with Crippen LogP contribution in [0, 0.1) is 0 Å². The minimum absolute atomic E-state index is 0.262. The van der Waals surface area contributed by atoms with Crippen molar-refractivity contribution in [3.05, 3.63) is 76.9 Å². The number of nitrogens with two attached hydrogens (primary N) is 2.